The minimum absolute atomic E-state index is 0.113. The van der Waals surface area contributed by atoms with Gasteiger partial charge in [-0.3, -0.25) is 14.9 Å². The molecule has 0 aliphatic rings. The Morgan fingerprint density at radius 3 is 1.29 bits per heavy atom. The molecule has 0 aromatic carbocycles. The van der Waals surface area contributed by atoms with E-state index in [0.29, 0.717) is 12.8 Å². The number of rotatable bonds is 29. The average Bonchev–Trinajstić information content (AvgIpc) is 2.94. The van der Waals surface area contributed by atoms with Gasteiger partial charge >= 0.3 is 0 Å². The molecule has 0 aromatic rings. The summed E-state index contributed by atoms with van der Waals surface area (Å²) >= 11 is 11.4. The molecule has 236 valence electrons. The van der Waals surface area contributed by atoms with Gasteiger partial charge in [0, 0.05) is 12.8 Å². The lowest BCUT2D eigenvalue weighted by Gasteiger charge is -2.05. The maximum absolute atomic E-state index is 12.0. The molecule has 1 N–H and O–H groups in total. The van der Waals surface area contributed by atoms with Gasteiger partial charge in [-0.1, -0.05) is 113 Å². The van der Waals surface area contributed by atoms with E-state index in [4.69, 9.17) is 23.2 Å². The number of unbranched alkanes of at least 4 members (excludes halogenated alkanes) is 15. The van der Waals surface area contributed by atoms with Gasteiger partial charge in [0.25, 0.3) is 0 Å². The first kappa shape index (κ1) is 39.7. The molecule has 0 rings (SSSR count). The molecular weight excluding hydrogens is 549 g/mol. The van der Waals surface area contributed by atoms with Crippen LogP contribution < -0.4 is 5.32 Å². The number of allylic oxidation sites excluding steroid dienone is 8. The van der Waals surface area contributed by atoms with E-state index in [-0.39, 0.29) is 16.7 Å². The van der Waals surface area contributed by atoms with Crippen molar-refractivity contribution < 1.29 is 9.59 Å². The summed E-state index contributed by atoms with van der Waals surface area (Å²) in [6.07, 6.45) is 43.6. The van der Waals surface area contributed by atoms with Crippen molar-refractivity contribution in [3.8, 4) is 0 Å². The molecule has 2 amide bonds. The van der Waals surface area contributed by atoms with E-state index in [0.717, 1.165) is 89.9 Å². The van der Waals surface area contributed by atoms with Gasteiger partial charge in [-0.2, -0.15) is 0 Å². The normalized spacial score (nSPS) is 12.2. The smallest absolute Gasteiger partial charge is 0.226 e. The first-order chi connectivity index (χ1) is 20.1. The third-order valence-corrected chi connectivity index (χ3v) is 7.49. The Hall–Kier alpha value is -1.32. The molecule has 0 radical (unpaired) electrons. The highest BCUT2D eigenvalue weighted by Gasteiger charge is 2.07. The number of alkyl halides is 2. The number of imide groups is 1. The van der Waals surface area contributed by atoms with Gasteiger partial charge in [0.1, 0.15) is 4.84 Å². The van der Waals surface area contributed by atoms with Crippen molar-refractivity contribution >= 4 is 35.0 Å². The predicted molar refractivity (Wildman–Crippen MR) is 182 cm³/mol. The zero-order chi connectivity index (χ0) is 30.1. The Morgan fingerprint density at radius 2 is 0.878 bits per heavy atom. The van der Waals surface area contributed by atoms with Crippen molar-refractivity contribution in [3.63, 3.8) is 0 Å². The Labute approximate surface area is 263 Å². The second kappa shape index (κ2) is 33.2. The van der Waals surface area contributed by atoms with Crippen molar-refractivity contribution in [2.45, 2.75) is 166 Å². The second-order valence-corrected chi connectivity index (χ2v) is 12.4. The lowest BCUT2D eigenvalue weighted by atomic mass is 10.1. The van der Waals surface area contributed by atoms with Crippen LogP contribution in [-0.2, 0) is 9.59 Å². The summed E-state index contributed by atoms with van der Waals surface area (Å²) in [5.74, 6) is -0.228. The van der Waals surface area contributed by atoms with Gasteiger partial charge in [-0.15, -0.1) is 23.2 Å². The van der Waals surface area contributed by atoms with Crippen molar-refractivity contribution in [1.29, 1.82) is 0 Å². The maximum Gasteiger partial charge on any atom is 0.226 e. The number of hydrogen-bond acceptors (Lipinski definition) is 2. The summed E-state index contributed by atoms with van der Waals surface area (Å²) in [4.78, 5) is 23.8. The van der Waals surface area contributed by atoms with E-state index in [1.54, 1.807) is 0 Å². The summed E-state index contributed by atoms with van der Waals surface area (Å²) in [6, 6.07) is 0. The van der Waals surface area contributed by atoms with Crippen LogP contribution in [0, 0.1) is 0 Å². The van der Waals surface area contributed by atoms with Crippen molar-refractivity contribution in [3.05, 3.63) is 48.6 Å². The van der Waals surface area contributed by atoms with E-state index in [1.165, 1.54) is 51.4 Å². The number of nitrogens with one attached hydrogen (secondary N) is 1. The molecule has 0 heterocycles. The molecule has 0 unspecified atom stereocenters. The highest BCUT2D eigenvalue weighted by molar-refractivity contribution is 6.44. The Balaban J connectivity index is 3.44. The number of carbonyl (C=O) groups is 2. The third-order valence-electron chi connectivity index (χ3n) is 7.06. The zero-order valence-corrected chi connectivity index (χ0v) is 27.8. The monoisotopic (exact) mass is 609 g/mol. The molecule has 0 aliphatic carbocycles. The molecule has 0 saturated carbocycles. The van der Waals surface area contributed by atoms with Crippen LogP contribution in [0.3, 0.4) is 0 Å². The molecule has 41 heavy (non-hydrogen) atoms. The van der Waals surface area contributed by atoms with Crippen molar-refractivity contribution in [2.75, 3.05) is 0 Å². The van der Waals surface area contributed by atoms with Gasteiger partial charge in [0.2, 0.25) is 11.8 Å². The van der Waals surface area contributed by atoms with E-state index in [1.807, 2.05) is 0 Å². The first-order valence-electron chi connectivity index (χ1n) is 16.8. The van der Waals surface area contributed by atoms with Gasteiger partial charge in [0.15, 0.2) is 0 Å². The van der Waals surface area contributed by atoms with Gasteiger partial charge in [0.05, 0.1) is 0 Å². The molecule has 0 saturated heterocycles. The van der Waals surface area contributed by atoms with Gasteiger partial charge in [-0.25, -0.2) is 0 Å². The molecule has 3 nitrogen and oxygen atoms in total. The van der Waals surface area contributed by atoms with Gasteiger partial charge < -0.3 is 0 Å². The first-order valence-corrected chi connectivity index (χ1v) is 17.6. The van der Waals surface area contributed by atoms with E-state index in [9.17, 15) is 9.59 Å². The quantitative estimate of drug-likeness (QED) is 0.0520. The summed E-state index contributed by atoms with van der Waals surface area (Å²) in [6.45, 7) is 2.24. The lowest BCUT2D eigenvalue weighted by molar-refractivity contribution is -0.130. The zero-order valence-electron chi connectivity index (χ0n) is 26.2. The van der Waals surface area contributed by atoms with Crippen molar-refractivity contribution in [1.82, 2.24) is 5.32 Å². The van der Waals surface area contributed by atoms with E-state index < -0.39 is 0 Å². The second-order valence-electron chi connectivity index (χ2n) is 11.1. The summed E-state index contributed by atoms with van der Waals surface area (Å²) in [7, 11) is 0. The predicted octanol–water partition coefficient (Wildman–Crippen LogP) is 12.0. The third kappa shape index (κ3) is 34.8. The number of carbonyl (C=O) groups excluding carboxylic acids is 2. The SMILES string of the molecule is CCCCC/C=C\C/C=C\CCCCCCCC(=O)NC(=O)CCCCCCC/C=C\C/C=C\CCCCC(Cl)Cl. The molecular formula is C36H61Cl2NO2. The highest BCUT2D eigenvalue weighted by Crippen LogP contribution is 2.13. The summed E-state index contributed by atoms with van der Waals surface area (Å²) < 4.78 is 0. The average molecular weight is 611 g/mol. The van der Waals surface area contributed by atoms with Crippen LogP contribution in [0.4, 0.5) is 0 Å². The lowest BCUT2D eigenvalue weighted by Crippen LogP contribution is -2.29. The van der Waals surface area contributed by atoms with Crippen molar-refractivity contribution in [2.24, 2.45) is 0 Å². The van der Waals surface area contributed by atoms with Crippen LogP contribution in [0.15, 0.2) is 48.6 Å². The Kier molecular flexibility index (Phi) is 32.1. The maximum atomic E-state index is 12.0. The van der Waals surface area contributed by atoms with Crippen LogP contribution in [0.2, 0.25) is 0 Å². The molecule has 0 atom stereocenters. The molecule has 0 fully saturated rings. The number of halogens is 2. The minimum atomic E-state index is -0.229. The fraction of sp³-hybridized carbons (Fsp3) is 0.722. The number of amides is 2. The largest absolute Gasteiger partial charge is 0.296 e. The van der Waals surface area contributed by atoms with Crippen LogP contribution in [0.25, 0.3) is 0 Å². The topological polar surface area (TPSA) is 46.2 Å². The summed E-state index contributed by atoms with van der Waals surface area (Å²) in [5, 5.41) is 2.57. The standard InChI is InChI=1S/C36H61Cl2NO2/c1-2-3-4-5-6-7-8-9-10-14-17-20-23-26-29-32-35(40)39-36(41)33-30-27-24-21-18-15-12-11-13-16-19-22-25-28-31-34(37)38/h6-7,9-12,16,19,34H,2-5,8,13-15,17-18,20-33H2,1H3,(H,39,40,41)/b7-6-,10-9-,12-11-,19-16-. The Morgan fingerprint density at radius 1 is 0.512 bits per heavy atom. The molecule has 0 spiro atoms. The number of hydrogen-bond donors (Lipinski definition) is 1. The molecule has 0 bridgehead atoms. The van der Waals surface area contributed by atoms with Crippen LogP contribution in [-0.4, -0.2) is 16.7 Å². The van der Waals surface area contributed by atoms with Gasteiger partial charge in [-0.05, 0) is 83.5 Å². The summed E-state index contributed by atoms with van der Waals surface area (Å²) in [5.41, 5.74) is 0. The fourth-order valence-corrected chi connectivity index (χ4v) is 4.83. The minimum Gasteiger partial charge on any atom is -0.296 e. The Bertz CT molecular complexity index is 712. The highest BCUT2D eigenvalue weighted by atomic mass is 35.5. The fourth-order valence-electron chi connectivity index (χ4n) is 4.52. The van der Waals surface area contributed by atoms with E-state index in [2.05, 4.69) is 60.8 Å². The van der Waals surface area contributed by atoms with Crippen LogP contribution in [0.5, 0.6) is 0 Å². The van der Waals surface area contributed by atoms with Crippen LogP contribution >= 0.6 is 23.2 Å². The molecule has 5 heteroatoms. The van der Waals surface area contributed by atoms with E-state index >= 15 is 0 Å². The molecule has 0 aromatic heterocycles. The van der Waals surface area contributed by atoms with Crippen LogP contribution in [0.1, 0.15) is 161 Å². The molecule has 0 aliphatic heterocycles.